The highest BCUT2D eigenvalue weighted by atomic mass is 16.6. The predicted molar refractivity (Wildman–Crippen MR) is 134 cm³/mol. The van der Waals surface area contributed by atoms with E-state index in [1.54, 1.807) is 0 Å². The number of hydrogen-bond acceptors (Lipinski definition) is 5. The second-order valence-electron chi connectivity index (χ2n) is 9.01. The molecule has 1 atom stereocenters. The second-order valence-corrected chi connectivity index (χ2v) is 9.01. The molecule has 0 bridgehead atoms. The lowest BCUT2D eigenvalue weighted by Crippen LogP contribution is -2.25. The van der Waals surface area contributed by atoms with Gasteiger partial charge in [0.1, 0.15) is 31.4 Å². The molecule has 0 aliphatic carbocycles. The van der Waals surface area contributed by atoms with E-state index < -0.39 is 0 Å². The first-order valence-corrected chi connectivity index (χ1v) is 12.0. The Labute approximate surface area is 203 Å². The lowest BCUT2D eigenvalue weighted by Gasteiger charge is -2.22. The van der Waals surface area contributed by atoms with Gasteiger partial charge in [-0.1, -0.05) is 24.3 Å². The number of hydrogen-bond donors (Lipinski definition) is 0. The van der Waals surface area contributed by atoms with Crippen LogP contribution in [0.5, 0.6) is 17.2 Å². The Morgan fingerprint density at radius 1 is 1.00 bits per heavy atom. The molecule has 2 aliphatic rings. The van der Waals surface area contributed by atoms with Crippen LogP contribution in [0.2, 0.25) is 0 Å². The zero-order valence-electron chi connectivity index (χ0n) is 19.6. The van der Waals surface area contributed by atoms with Gasteiger partial charge < -0.3 is 23.7 Å². The van der Waals surface area contributed by atoms with Crippen LogP contribution in [0, 0.1) is 6.92 Å². The van der Waals surface area contributed by atoms with Crippen molar-refractivity contribution >= 4 is 22.6 Å². The summed E-state index contributed by atoms with van der Waals surface area (Å²) in [4.78, 5) is 19.9. The van der Waals surface area contributed by atoms with Crippen LogP contribution < -0.4 is 19.1 Å². The van der Waals surface area contributed by atoms with Gasteiger partial charge in [0.25, 0.3) is 0 Å². The number of imidazole rings is 1. The molecular formula is C28H27N3O4. The zero-order valence-corrected chi connectivity index (χ0v) is 19.6. The van der Waals surface area contributed by atoms with E-state index >= 15 is 0 Å². The van der Waals surface area contributed by atoms with E-state index in [2.05, 4.69) is 23.6 Å². The van der Waals surface area contributed by atoms with Gasteiger partial charge in [0.15, 0.2) is 11.5 Å². The molecule has 3 heterocycles. The molecule has 178 valence electrons. The number of carbonyl (C=O) groups is 1. The summed E-state index contributed by atoms with van der Waals surface area (Å²) >= 11 is 0. The van der Waals surface area contributed by atoms with Gasteiger partial charge in [0, 0.05) is 30.6 Å². The van der Waals surface area contributed by atoms with Crippen LogP contribution in [0.4, 0.5) is 5.69 Å². The summed E-state index contributed by atoms with van der Waals surface area (Å²) in [6, 6.07) is 21.9. The molecule has 0 saturated carbocycles. The molecule has 3 aromatic carbocycles. The summed E-state index contributed by atoms with van der Waals surface area (Å²) in [5.74, 6) is 3.26. The van der Waals surface area contributed by atoms with Crippen molar-refractivity contribution < 1.29 is 19.0 Å². The van der Waals surface area contributed by atoms with Gasteiger partial charge >= 0.3 is 0 Å². The molecule has 4 aromatic rings. The molecule has 0 spiro atoms. The van der Waals surface area contributed by atoms with E-state index in [9.17, 15) is 4.79 Å². The van der Waals surface area contributed by atoms with Crippen LogP contribution >= 0.6 is 0 Å². The van der Waals surface area contributed by atoms with Crippen molar-refractivity contribution in [3.05, 3.63) is 78.1 Å². The Morgan fingerprint density at radius 2 is 1.86 bits per heavy atom. The largest absolute Gasteiger partial charge is 0.492 e. The molecule has 35 heavy (non-hydrogen) atoms. The monoisotopic (exact) mass is 469 g/mol. The van der Waals surface area contributed by atoms with Gasteiger partial charge in [0.2, 0.25) is 5.91 Å². The van der Waals surface area contributed by atoms with E-state index in [1.807, 2.05) is 59.5 Å². The zero-order chi connectivity index (χ0) is 23.8. The molecular weight excluding hydrogens is 442 g/mol. The maximum absolute atomic E-state index is 13.1. The number of ether oxygens (including phenoxy) is 3. The number of para-hydroxylation sites is 2. The smallest absolute Gasteiger partial charge is 0.227 e. The lowest BCUT2D eigenvalue weighted by atomic mass is 10.1. The molecule has 1 saturated heterocycles. The highest BCUT2D eigenvalue weighted by molar-refractivity contribution is 5.97. The minimum absolute atomic E-state index is 0.0120. The summed E-state index contributed by atoms with van der Waals surface area (Å²) < 4.78 is 19.6. The molecule has 1 aromatic heterocycles. The molecule has 1 fully saturated rings. The van der Waals surface area contributed by atoms with Crippen molar-refractivity contribution in [1.29, 1.82) is 0 Å². The number of aryl methyl sites for hydroxylation is 1. The van der Waals surface area contributed by atoms with E-state index in [-0.39, 0.29) is 11.8 Å². The summed E-state index contributed by atoms with van der Waals surface area (Å²) in [5.41, 5.74) is 3.98. The van der Waals surface area contributed by atoms with E-state index in [0.717, 1.165) is 34.0 Å². The average Bonchev–Trinajstić information content (AvgIpc) is 3.44. The number of benzene rings is 3. The first-order valence-electron chi connectivity index (χ1n) is 12.0. The number of rotatable bonds is 6. The van der Waals surface area contributed by atoms with E-state index in [4.69, 9.17) is 19.2 Å². The minimum atomic E-state index is -0.0120. The van der Waals surface area contributed by atoms with Gasteiger partial charge in [-0.3, -0.25) is 4.79 Å². The predicted octanol–water partition coefficient (Wildman–Crippen LogP) is 4.72. The molecule has 0 N–H and O–H groups in total. The fourth-order valence-electron chi connectivity index (χ4n) is 4.93. The van der Waals surface area contributed by atoms with E-state index in [1.165, 1.54) is 5.56 Å². The molecule has 0 radical (unpaired) electrons. The normalized spacial score (nSPS) is 17.2. The fraction of sp³-hybridized carbons (Fsp3) is 0.286. The van der Waals surface area contributed by atoms with Gasteiger partial charge in [-0.25, -0.2) is 4.98 Å². The van der Waals surface area contributed by atoms with Crippen molar-refractivity contribution in [3.8, 4) is 17.2 Å². The highest BCUT2D eigenvalue weighted by Crippen LogP contribution is 2.38. The van der Waals surface area contributed by atoms with Crippen molar-refractivity contribution in [2.24, 2.45) is 0 Å². The topological polar surface area (TPSA) is 65.8 Å². The summed E-state index contributed by atoms with van der Waals surface area (Å²) in [7, 11) is 0. The summed E-state index contributed by atoms with van der Waals surface area (Å²) in [6.07, 6.45) is 0.413. The highest BCUT2D eigenvalue weighted by Gasteiger charge is 2.35. The Kier molecular flexibility index (Phi) is 5.52. The molecule has 7 nitrogen and oxygen atoms in total. The second kappa shape index (κ2) is 8.98. The van der Waals surface area contributed by atoms with Crippen LogP contribution in [-0.4, -0.2) is 41.8 Å². The quantitative estimate of drug-likeness (QED) is 0.409. The van der Waals surface area contributed by atoms with Gasteiger partial charge in [0.05, 0.1) is 17.6 Å². The van der Waals surface area contributed by atoms with Gasteiger partial charge in [-0.2, -0.15) is 0 Å². The fourth-order valence-corrected chi connectivity index (χ4v) is 4.93. The van der Waals surface area contributed by atoms with Crippen molar-refractivity contribution in [2.75, 3.05) is 31.3 Å². The first kappa shape index (κ1) is 21.5. The molecule has 2 aliphatic heterocycles. The molecule has 7 heteroatoms. The third kappa shape index (κ3) is 4.18. The number of carbonyl (C=O) groups excluding carboxylic acids is 1. The first-order chi connectivity index (χ1) is 17.2. The molecule has 1 unspecified atom stereocenters. The van der Waals surface area contributed by atoms with Crippen LogP contribution in [0.3, 0.4) is 0 Å². The van der Waals surface area contributed by atoms with Crippen molar-refractivity contribution in [2.45, 2.75) is 25.8 Å². The summed E-state index contributed by atoms with van der Waals surface area (Å²) in [6.45, 7) is 4.85. The number of amides is 1. The third-order valence-corrected chi connectivity index (χ3v) is 6.58. The van der Waals surface area contributed by atoms with Crippen LogP contribution in [-0.2, 0) is 11.3 Å². The average molecular weight is 470 g/mol. The molecule has 6 rings (SSSR count). The maximum Gasteiger partial charge on any atom is 0.227 e. The van der Waals surface area contributed by atoms with Crippen molar-refractivity contribution in [3.63, 3.8) is 0 Å². The van der Waals surface area contributed by atoms with Crippen molar-refractivity contribution in [1.82, 2.24) is 9.55 Å². The minimum Gasteiger partial charge on any atom is -0.492 e. The maximum atomic E-state index is 13.1. The van der Waals surface area contributed by atoms with Crippen LogP contribution in [0.25, 0.3) is 11.0 Å². The van der Waals surface area contributed by atoms with Crippen LogP contribution in [0.15, 0.2) is 66.7 Å². The number of nitrogens with zero attached hydrogens (tertiary/aromatic N) is 3. The standard InChI is InChI=1S/C28H27N3O4/c1-19-5-4-6-22(15-19)33-12-11-30-24-8-3-2-7-23(24)29-28(30)20-16-27(32)31(18-20)21-9-10-25-26(17-21)35-14-13-34-25/h2-10,15,17,20H,11-14,16,18H2,1H3. The van der Waals surface area contributed by atoms with E-state index in [0.29, 0.717) is 45.1 Å². The summed E-state index contributed by atoms with van der Waals surface area (Å²) in [5, 5.41) is 0. The van der Waals surface area contributed by atoms with Gasteiger partial charge in [-0.15, -0.1) is 0 Å². The van der Waals surface area contributed by atoms with Crippen LogP contribution in [0.1, 0.15) is 23.7 Å². The Bertz CT molecular complexity index is 1400. The number of aromatic nitrogens is 2. The number of fused-ring (bicyclic) bond motifs is 2. The third-order valence-electron chi connectivity index (χ3n) is 6.58. The Morgan fingerprint density at radius 3 is 2.74 bits per heavy atom. The van der Waals surface area contributed by atoms with Gasteiger partial charge in [-0.05, 0) is 48.9 Å². The Hall–Kier alpha value is -4.00. The Balaban J connectivity index is 1.25. The number of anilines is 1. The SMILES string of the molecule is Cc1cccc(OCCn2c(C3CC(=O)N(c4ccc5c(c4)OCCO5)C3)nc3ccccc32)c1. The lowest BCUT2D eigenvalue weighted by molar-refractivity contribution is -0.117. The molecule has 1 amide bonds.